The molecule has 1 unspecified atom stereocenters. The molecule has 2 rings (SSSR count). The monoisotopic (exact) mass is 291 g/mol. The summed E-state index contributed by atoms with van der Waals surface area (Å²) in [5, 5.41) is 9.73. The van der Waals surface area contributed by atoms with Crippen molar-refractivity contribution in [2.45, 2.75) is 12.3 Å². The molecule has 1 aromatic carbocycles. The zero-order valence-corrected chi connectivity index (χ0v) is 10.5. The molecule has 0 spiro atoms. The number of fused-ring (bicyclic) bond motifs is 1. The van der Waals surface area contributed by atoms with E-state index >= 15 is 0 Å². The Morgan fingerprint density at radius 3 is 2.80 bits per heavy atom. The smallest absolute Gasteiger partial charge is 0.408 e. The number of ether oxygens (including phenoxy) is 1. The lowest BCUT2D eigenvalue weighted by Crippen LogP contribution is -2.19. The second-order valence-corrected chi connectivity index (χ2v) is 4.30. The van der Waals surface area contributed by atoms with Crippen molar-refractivity contribution < 1.29 is 27.4 Å². The summed E-state index contributed by atoms with van der Waals surface area (Å²) in [6.45, 7) is -1.92. The summed E-state index contributed by atoms with van der Waals surface area (Å²) in [6, 6.07) is 4.44. The summed E-state index contributed by atoms with van der Waals surface area (Å²) in [5.41, 5.74) is 1.10. The molecule has 1 heterocycles. The van der Waals surface area contributed by atoms with Crippen LogP contribution in [0.3, 0.4) is 0 Å². The van der Waals surface area contributed by atoms with E-state index in [0.29, 0.717) is 11.1 Å². The highest BCUT2D eigenvalue weighted by atomic mass is 19.4. The van der Waals surface area contributed by atoms with Gasteiger partial charge in [-0.3, -0.25) is 4.57 Å². The van der Waals surface area contributed by atoms with Crippen LogP contribution in [0.25, 0.3) is 11.1 Å². The summed E-state index contributed by atoms with van der Waals surface area (Å²) < 4.78 is 46.3. The maximum atomic E-state index is 11.9. The lowest BCUT2D eigenvalue weighted by Gasteiger charge is -2.12. The summed E-state index contributed by atoms with van der Waals surface area (Å²) >= 11 is 0. The highest BCUT2D eigenvalue weighted by molar-refractivity contribution is 5.73. The minimum atomic E-state index is -4.43. The predicted octanol–water partition coefficient (Wildman–Crippen LogP) is 1.74. The molecule has 20 heavy (non-hydrogen) atoms. The van der Waals surface area contributed by atoms with Crippen LogP contribution in [0.4, 0.5) is 13.2 Å². The average molecular weight is 291 g/mol. The number of aliphatic hydroxyl groups is 1. The van der Waals surface area contributed by atoms with Crippen LogP contribution in [-0.2, 0) is 11.8 Å². The van der Waals surface area contributed by atoms with Gasteiger partial charge in [-0.05, 0) is 17.7 Å². The van der Waals surface area contributed by atoms with Crippen LogP contribution in [0, 0.1) is 0 Å². The molecule has 0 radical (unpaired) electrons. The fourth-order valence-corrected chi connectivity index (χ4v) is 1.74. The van der Waals surface area contributed by atoms with Crippen molar-refractivity contribution in [2.24, 2.45) is 7.05 Å². The molecule has 0 aliphatic carbocycles. The fraction of sp³-hybridized carbons (Fsp3) is 0.417. The molecule has 0 saturated heterocycles. The summed E-state index contributed by atoms with van der Waals surface area (Å²) in [5.74, 6) is -0.556. The Kier molecular flexibility index (Phi) is 3.87. The van der Waals surface area contributed by atoms with Gasteiger partial charge in [0.2, 0.25) is 0 Å². The van der Waals surface area contributed by atoms with E-state index in [9.17, 15) is 23.1 Å². The molecule has 5 nitrogen and oxygen atoms in total. The number of oxazole rings is 1. The van der Waals surface area contributed by atoms with Crippen LogP contribution in [-0.4, -0.2) is 29.1 Å². The van der Waals surface area contributed by atoms with Crippen molar-refractivity contribution in [2.75, 3.05) is 13.2 Å². The highest BCUT2D eigenvalue weighted by Gasteiger charge is 2.28. The molecule has 110 valence electrons. The van der Waals surface area contributed by atoms with Crippen LogP contribution in [0.2, 0.25) is 0 Å². The van der Waals surface area contributed by atoms with Crippen LogP contribution in [0.5, 0.6) is 0 Å². The summed E-state index contributed by atoms with van der Waals surface area (Å²) in [4.78, 5) is 11.3. The maximum absolute atomic E-state index is 11.9. The van der Waals surface area contributed by atoms with Gasteiger partial charge in [-0.25, -0.2) is 4.79 Å². The Labute approximate surface area is 111 Å². The van der Waals surface area contributed by atoms with Crippen LogP contribution in [0.1, 0.15) is 11.7 Å². The Hall–Kier alpha value is -1.80. The summed E-state index contributed by atoms with van der Waals surface area (Å²) in [6.07, 6.45) is -5.66. The summed E-state index contributed by atoms with van der Waals surface area (Å²) in [7, 11) is 1.52. The zero-order chi connectivity index (χ0) is 14.9. The number of aryl methyl sites for hydroxylation is 1. The number of aliphatic hydroxyl groups excluding tert-OH is 1. The number of nitrogens with zero attached hydrogens (tertiary/aromatic N) is 1. The predicted molar refractivity (Wildman–Crippen MR) is 63.3 cm³/mol. The number of benzene rings is 1. The van der Waals surface area contributed by atoms with Crippen molar-refractivity contribution >= 4 is 11.1 Å². The maximum Gasteiger partial charge on any atom is 0.419 e. The van der Waals surface area contributed by atoms with Crippen LogP contribution >= 0.6 is 0 Å². The van der Waals surface area contributed by atoms with Gasteiger partial charge in [0, 0.05) is 7.05 Å². The SMILES string of the molecule is Cn1c(=O)oc2cc(C(O)COCC(F)(F)F)ccc21. The van der Waals surface area contributed by atoms with Crippen molar-refractivity contribution in [3.8, 4) is 0 Å². The van der Waals surface area contributed by atoms with Gasteiger partial charge in [0.05, 0.1) is 12.1 Å². The second-order valence-electron chi connectivity index (χ2n) is 4.30. The molecular formula is C12H12F3NO4. The molecule has 2 aromatic rings. The van der Waals surface area contributed by atoms with Gasteiger partial charge < -0.3 is 14.3 Å². The van der Waals surface area contributed by atoms with E-state index in [1.165, 1.54) is 23.7 Å². The number of halogens is 3. The Morgan fingerprint density at radius 1 is 1.45 bits per heavy atom. The van der Waals surface area contributed by atoms with Gasteiger partial charge in [0.15, 0.2) is 5.58 Å². The van der Waals surface area contributed by atoms with Gasteiger partial charge in [0.1, 0.15) is 12.7 Å². The highest BCUT2D eigenvalue weighted by Crippen LogP contribution is 2.21. The van der Waals surface area contributed by atoms with Gasteiger partial charge in [-0.15, -0.1) is 0 Å². The molecular weight excluding hydrogens is 279 g/mol. The molecule has 8 heteroatoms. The molecule has 0 fully saturated rings. The van der Waals surface area contributed by atoms with Gasteiger partial charge in [-0.1, -0.05) is 6.07 Å². The number of hydrogen-bond donors (Lipinski definition) is 1. The third-order valence-electron chi connectivity index (χ3n) is 2.74. The number of rotatable bonds is 4. The lowest BCUT2D eigenvalue weighted by atomic mass is 10.1. The minimum Gasteiger partial charge on any atom is -0.408 e. The van der Waals surface area contributed by atoms with Crippen molar-refractivity contribution in [1.82, 2.24) is 4.57 Å². The second kappa shape index (κ2) is 5.29. The van der Waals surface area contributed by atoms with Crippen molar-refractivity contribution in [1.29, 1.82) is 0 Å². The van der Waals surface area contributed by atoms with Gasteiger partial charge in [-0.2, -0.15) is 13.2 Å². The van der Waals surface area contributed by atoms with E-state index in [4.69, 9.17) is 4.42 Å². The molecule has 0 bridgehead atoms. The molecule has 0 saturated carbocycles. The minimum absolute atomic E-state index is 0.255. The van der Waals surface area contributed by atoms with E-state index in [1.807, 2.05) is 0 Å². The first-order chi connectivity index (χ1) is 9.28. The lowest BCUT2D eigenvalue weighted by molar-refractivity contribution is -0.179. The number of alkyl halides is 3. The molecule has 0 aliphatic rings. The van der Waals surface area contributed by atoms with Crippen LogP contribution in [0.15, 0.2) is 27.4 Å². The first kappa shape index (κ1) is 14.6. The van der Waals surface area contributed by atoms with Crippen molar-refractivity contribution in [3.63, 3.8) is 0 Å². The standard InChI is InChI=1S/C12H12F3NO4/c1-16-8-3-2-7(4-10(8)20-11(16)18)9(17)5-19-6-12(13,14)15/h2-4,9,17H,5-6H2,1H3. The number of hydrogen-bond acceptors (Lipinski definition) is 4. The van der Waals surface area contributed by atoms with E-state index < -0.39 is 31.3 Å². The van der Waals surface area contributed by atoms with Crippen molar-refractivity contribution in [3.05, 3.63) is 34.3 Å². The molecule has 1 N–H and O–H groups in total. The first-order valence-electron chi connectivity index (χ1n) is 5.70. The Balaban J connectivity index is 2.10. The third-order valence-corrected chi connectivity index (χ3v) is 2.74. The Morgan fingerprint density at radius 2 is 2.15 bits per heavy atom. The molecule has 0 amide bonds. The topological polar surface area (TPSA) is 64.6 Å². The van der Waals surface area contributed by atoms with Gasteiger partial charge in [0.25, 0.3) is 0 Å². The molecule has 1 atom stereocenters. The van der Waals surface area contributed by atoms with E-state index in [0.717, 1.165) is 0 Å². The quantitative estimate of drug-likeness (QED) is 0.932. The Bertz CT molecular complexity index is 659. The largest absolute Gasteiger partial charge is 0.419 e. The van der Waals surface area contributed by atoms with Crippen LogP contribution < -0.4 is 5.76 Å². The third kappa shape index (κ3) is 3.20. The normalized spacial score (nSPS) is 13.8. The van der Waals surface area contributed by atoms with E-state index in [1.54, 1.807) is 6.07 Å². The van der Waals surface area contributed by atoms with E-state index in [-0.39, 0.29) is 5.58 Å². The molecule has 1 aromatic heterocycles. The fourth-order valence-electron chi connectivity index (χ4n) is 1.74. The van der Waals surface area contributed by atoms with Gasteiger partial charge >= 0.3 is 11.9 Å². The zero-order valence-electron chi connectivity index (χ0n) is 10.5. The molecule has 0 aliphatic heterocycles. The van der Waals surface area contributed by atoms with E-state index in [2.05, 4.69) is 4.74 Å². The average Bonchev–Trinajstić information content (AvgIpc) is 2.63. The first-order valence-corrected chi connectivity index (χ1v) is 5.70. The number of aromatic nitrogens is 1.